The third kappa shape index (κ3) is 5.94. The Morgan fingerprint density at radius 3 is 2.50 bits per heavy atom. The van der Waals surface area contributed by atoms with E-state index in [0.29, 0.717) is 24.5 Å². The van der Waals surface area contributed by atoms with Crippen molar-refractivity contribution in [2.45, 2.75) is 51.7 Å². The highest BCUT2D eigenvalue weighted by Gasteiger charge is 2.27. The van der Waals surface area contributed by atoms with Crippen molar-refractivity contribution in [3.8, 4) is 5.75 Å². The van der Waals surface area contributed by atoms with Crippen molar-refractivity contribution >= 4 is 21.8 Å². The van der Waals surface area contributed by atoms with E-state index < -0.39 is 0 Å². The van der Waals surface area contributed by atoms with E-state index in [9.17, 15) is 4.79 Å². The van der Waals surface area contributed by atoms with Gasteiger partial charge in [-0.2, -0.15) is 0 Å². The molecule has 2 unspecified atom stereocenters. The highest BCUT2D eigenvalue weighted by molar-refractivity contribution is 9.10. The average molecular weight is 453 g/mol. The summed E-state index contributed by atoms with van der Waals surface area (Å²) in [4.78, 5) is 17.2. The number of aryl methyl sites for hydroxylation is 1. The largest absolute Gasteiger partial charge is 0.496 e. The van der Waals surface area contributed by atoms with Gasteiger partial charge in [-0.1, -0.05) is 6.07 Å². The zero-order valence-corrected chi connectivity index (χ0v) is 18.9. The first kappa shape index (κ1) is 21.6. The zero-order chi connectivity index (χ0) is 20.1. The van der Waals surface area contributed by atoms with Gasteiger partial charge in [-0.05, 0) is 72.7 Å². The molecule has 0 aromatic heterocycles. The fourth-order valence-corrected chi connectivity index (χ4v) is 5.03. The van der Waals surface area contributed by atoms with Gasteiger partial charge in [-0.15, -0.1) is 0 Å². The molecule has 0 saturated carbocycles. The summed E-state index contributed by atoms with van der Waals surface area (Å²) in [6.07, 6.45) is 4.21. The van der Waals surface area contributed by atoms with Crippen molar-refractivity contribution in [1.82, 2.24) is 9.80 Å². The molecule has 3 rings (SSSR count). The van der Waals surface area contributed by atoms with Gasteiger partial charge in [0, 0.05) is 39.1 Å². The van der Waals surface area contributed by atoms with Crippen LogP contribution in [0.3, 0.4) is 0 Å². The number of carbonyl (C=O) groups is 1. The van der Waals surface area contributed by atoms with Crippen molar-refractivity contribution in [2.24, 2.45) is 5.92 Å². The number of hydrogen-bond donors (Lipinski definition) is 0. The Balaban J connectivity index is 1.40. The lowest BCUT2D eigenvalue weighted by Crippen LogP contribution is -2.48. The summed E-state index contributed by atoms with van der Waals surface area (Å²) in [5.41, 5.74) is 1.16. The van der Waals surface area contributed by atoms with Gasteiger partial charge >= 0.3 is 0 Å². The van der Waals surface area contributed by atoms with Gasteiger partial charge in [0.1, 0.15) is 5.75 Å². The van der Waals surface area contributed by atoms with Gasteiger partial charge in [0.25, 0.3) is 0 Å². The molecule has 2 fully saturated rings. The Morgan fingerprint density at radius 2 is 1.89 bits per heavy atom. The molecule has 2 aliphatic rings. The zero-order valence-electron chi connectivity index (χ0n) is 17.3. The van der Waals surface area contributed by atoms with Crippen LogP contribution in [0, 0.1) is 5.92 Å². The minimum absolute atomic E-state index is 0.277. The van der Waals surface area contributed by atoms with Gasteiger partial charge < -0.3 is 14.4 Å². The summed E-state index contributed by atoms with van der Waals surface area (Å²) in [6, 6.07) is 6.03. The van der Waals surface area contributed by atoms with Crippen LogP contribution in [0.5, 0.6) is 5.75 Å². The maximum absolute atomic E-state index is 12.6. The van der Waals surface area contributed by atoms with Crippen molar-refractivity contribution < 1.29 is 14.3 Å². The molecule has 28 heavy (non-hydrogen) atoms. The molecular weight excluding hydrogens is 420 g/mol. The second kappa shape index (κ2) is 10.1. The molecule has 2 saturated heterocycles. The Bertz CT molecular complexity index is 651. The van der Waals surface area contributed by atoms with Crippen LogP contribution in [-0.4, -0.2) is 67.7 Å². The monoisotopic (exact) mass is 452 g/mol. The van der Waals surface area contributed by atoms with Gasteiger partial charge in [-0.3, -0.25) is 9.69 Å². The third-order valence-electron chi connectivity index (χ3n) is 5.82. The van der Waals surface area contributed by atoms with Crippen LogP contribution < -0.4 is 4.74 Å². The smallest absolute Gasteiger partial charge is 0.222 e. The second-order valence-corrected chi connectivity index (χ2v) is 9.12. The highest BCUT2D eigenvalue weighted by Crippen LogP contribution is 2.26. The Kier molecular flexibility index (Phi) is 7.77. The maximum Gasteiger partial charge on any atom is 0.222 e. The van der Waals surface area contributed by atoms with Crippen molar-refractivity contribution in [3.05, 3.63) is 28.2 Å². The lowest BCUT2D eigenvalue weighted by molar-refractivity contribution is -0.132. The Morgan fingerprint density at radius 1 is 1.21 bits per heavy atom. The van der Waals surface area contributed by atoms with Crippen LogP contribution in [0.4, 0.5) is 0 Å². The molecule has 6 heteroatoms. The minimum atomic E-state index is 0.277. The molecule has 5 nitrogen and oxygen atoms in total. The molecule has 1 aromatic rings. The average Bonchev–Trinajstić information content (AvgIpc) is 2.66. The lowest BCUT2D eigenvalue weighted by Gasteiger charge is -2.39. The van der Waals surface area contributed by atoms with E-state index in [0.717, 1.165) is 67.8 Å². The standard InChI is InChI=1S/C22H33BrN2O3/c1-16-13-24(14-17(2)28-16)15-19-8-10-25(11-9-19)22(26)7-5-18-4-6-21(27-3)20(23)12-18/h4,6,12,16-17,19H,5,7-11,13-15H2,1-3H3. The molecule has 0 bridgehead atoms. The lowest BCUT2D eigenvalue weighted by atomic mass is 9.95. The summed E-state index contributed by atoms with van der Waals surface area (Å²) in [5.74, 6) is 1.79. The predicted molar refractivity (Wildman–Crippen MR) is 115 cm³/mol. The van der Waals surface area contributed by atoms with E-state index in [1.807, 2.05) is 18.2 Å². The second-order valence-electron chi connectivity index (χ2n) is 8.27. The van der Waals surface area contributed by atoms with Crippen LogP contribution in [-0.2, 0) is 16.0 Å². The maximum atomic E-state index is 12.6. The quantitative estimate of drug-likeness (QED) is 0.658. The fourth-order valence-electron chi connectivity index (χ4n) is 4.44. The molecule has 0 radical (unpaired) electrons. The van der Waals surface area contributed by atoms with Crippen LogP contribution in [0.2, 0.25) is 0 Å². The van der Waals surface area contributed by atoms with E-state index in [4.69, 9.17) is 9.47 Å². The highest BCUT2D eigenvalue weighted by atomic mass is 79.9. The molecular formula is C22H33BrN2O3. The summed E-state index contributed by atoms with van der Waals surface area (Å²) in [6.45, 7) is 9.30. The summed E-state index contributed by atoms with van der Waals surface area (Å²) in [7, 11) is 1.66. The topological polar surface area (TPSA) is 42.0 Å². The van der Waals surface area contributed by atoms with E-state index >= 15 is 0 Å². The summed E-state index contributed by atoms with van der Waals surface area (Å²) >= 11 is 3.51. The number of halogens is 1. The molecule has 2 aliphatic heterocycles. The number of morpholine rings is 1. The number of likely N-dealkylation sites (tertiary alicyclic amines) is 1. The number of piperidine rings is 1. The number of nitrogens with zero attached hydrogens (tertiary/aromatic N) is 2. The number of rotatable bonds is 6. The first-order chi connectivity index (χ1) is 13.4. The number of methoxy groups -OCH3 is 1. The van der Waals surface area contributed by atoms with Crippen molar-refractivity contribution in [3.63, 3.8) is 0 Å². The van der Waals surface area contributed by atoms with Gasteiger partial charge in [0.15, 0.2) is 0 Å². The first-order valence-electron chi connectivity index (χ1n) is 10.4. The third-order valence-corrected chi connectivity index (χ3v) is 6.44. The van der Waals surface area contributed by atoms with Crippen molar-refractivity contribution in [2.75, 3.05) is 39.8 Å². The first-order valence-corrected chi connectivity index (χ1v) is 11.2. The molecule has 1 aromatic carbocycles. The fraction of sp³-hybridized carbons (Fsp3) is 0.682. The number of amides is 1. The number of ether oxygens (including phenoxy) is 2. The molecule has 2 heterocycles. The molecule has 156 valence electrons. The molecule has 0 N–H and O–H groups in total. The SMILES string of the molecule is COc1ccc(CCC(=O)N2CCC(CN3CC(C)OC(C)C3)CC2)cc1Br. The van der Waals surface area contributed by atoms with E-state index in [2.05, 4.69) is 39.6 Å². The molecule has 0 spiro atoms. The minimum Gasteiger partial charge on any atom is -0.496 e. The van der Waals surface area contributed by atoms with E-state index in [1.165, 1.54) is 0 Å². The molecule has 2 atom stereocenters. The van der Waals surface area contributed by atoms with E-state index in [1.54, 1.807) is 7.11 Å². The normalized spacial score (nSPS) is 24.4. The van der Waals surface area contributed by atoms with Crippen LogP contribution in [0.15, 0.2) is 22.7 Å². The van der Waals surface area contributed by atoms with Crippen LogP contribution >= 0.6 is 15.9 Å². The van der Waals surface area contributed by atoms with E-state index in [-0.39, 0.29) is 5.91 Å². The number of carbonyl (C=O) groups excluding carboxylic acids is 1. The number of hydrogen-bond acceptors (Lipinski definition) is 4. The van der Waals surface area contributed by atoms with Crippen molar-refractivity contribution in [1.29, 1.82) is 0 Å². The molecule has 1 amide bonds. The predicted octanol–water partition coefficient (Wildman–Crippen LogP) is 3.74. The Hall–Kier alpha value is -1.11. The van der Waals surface area contributed by atoms with Gasteiger partial charge in [0.05, 0.1) is 23.8 Å². The summed E-state index contributed by atoms with van der Waals surface area (Å²) < 4.78 is 12.0. The summed E-state index contributed by atoms with van der Waals surface area (Å²) in [5, 5.41) is 0. The Labute approximate surface area is 177 Å². The number of benzene rings is 1. The molecule has 0 aliphatic carbocycles. The van der Waals surface area contributed by atoms with Gasteiger partial charge in [0.2, 0.25) is 5.91 Å². The van der Waals surface area contributed by atoms with Gasteiger partial charge in [-0.25, -0.2) is 0 Å². The van der Waals surface area contributed by atoms with Crippen LogP contribution in [0.1, 0.15) is 38.7 Å². The van der Waals surface area contributed by atoms with Crippen LogP contribution in [0.25, 0.3) is 0 Å².